The number of ether oxygens (including phenoxy) is 1. The Morgan fingerprint density at radius 2 is 1.72 bits per heavy atom. The number of rotatable bonds is 14. The van der Waals surface area contributed by atoms with E-state index in [1.807, 2.05) is 32.9 Å². The molecule has 0 bridgehead atoms. The summed E-state index contributed by atoms with van der Waals surface area (Å²) in [5.41, 5.74) is 5.52. The van der Waals surface area contributed by atoms with Gasteiger partial charge in [-0.25, -0.2) is 0 Å². The molecule has 6 heteroatoms. The van der Waals surface area contributed by atoms with Gasteiger partial charge >= 0.3 is 7.60 Å². The minimum absolute atomic E-state index is 0.211. The third-order valence-corrected chi connectivity index (χ3v) is 10.1. The van der Waals surface area contributed by atoms with Crippen molar-refractivity contribution in [1.29, 1.82) is 0 Å². The minimum atomic E-state index is -3.13. The topological polar surface area (TPSA) is 48.0 Å². The molecule has 0 aliphatic carbocycles. The average molecular weight is 558 g/mol. The fraction of sp³-hybridized carbons (Fsp3) is 0.636. The van der Waals surface area contributed by atoms with Gasteiger partial charge in [0.1, 0.15) is 5.75 Å². The first-order chi connectivity index (χ1) is 18.5. The molecule has 1 atom stereocenters. The molecule has 2 aromatic carbocycles. The summed E-state index contributed by atoms with van der Waals surface area (Å²) in [5.74, 6) is 1.43. The Kier molecular flexibility index (Phi) is 12.0. The first-order valence-electron chi connectivity index (χ1n) is 15.0. The molecule has 0 amide bonds. The van der Waals surface area contributed by atoms with E-state index >= 15 is 0 Å². The number of hydrogen-bond donors (Lipinski definition) is 0. The normalized spacial score (nSPS) is 15.9. The Hall–Kier alpha value is -1.81. The predicted octanol–water partition coefficient (Wildman–Crippen LogP) is 8.86. The fourth-order valence-electron chi connectivity index (χ4n) is 5.41. The lowest BCUT2D eigenvalue weighted by Crippen LogP contribution is -2.36. The van der Waals surface area contributed by atoms with Gasteiger partial charge in [0.05, 0.1) is 25.5 Å². The van der Waals surface area contributed by atoms with Gasteiger partial charge in [-0.05, 0) is 106 Å². The van der Waals surface area contributed by atoms with Crippen LogP contribution in [-0.2, 0) is 26.5 Å². The van der Waals surface area contributed by atoms with Crippen LogP contribution in [0.5, 0.6) is 5.75 Å². The molecule has 218 valence electrons. The van der Waals surface area contributed by atoms with E-state index in [4.69, 9.17) is 13.8 Å². The Morgan fingerprint density at radius 1 is 1.03 bits per heavy atom. The van der Waals surface area contributed by atoms with Crippen LogP contribution in [0, 0.1) is 18.3 Å². The van der Waals surface area contributed by atoms with E-state index in [1.54, 1.807) is 0 Å². The van der Waals surface area contributed by atoms with Crippen LogP contribution in [0.1, 0.15) is 83.9 Å². The molecular formula is C33H52NO4P. The van der Waals surface area contributed by atoms with Gasteiger partial charge in [-0.15, -0.1) is 0 Å². The van der Waals surface area contributed by atoms with Crippen LogP contribution in [0.2, 0.25) is 0 Å². The Labute approximate surface area is 238 Å². The monoisotopic (exact) mass is 557 g/mol. The second-order valence-corrected chi connectivity index (χ2v) is 14.8. The van der Waals surface area contributed by atoms with E-state index in [0.29, 0.717) is 31.0 Å². The van der Waals surface area contributed by atoms with Crippen molar-refractivity contribution in [1.82, 2.24) is 0 Å². The number of aryl methyl sites for hydroxylation is 2. The van der Waals surface area contributed by atoms with Crippen molar-refractivity contribution in [3.63, 3.8) is 0 Å². The van der Waals surface area contributed by atoms with Crippen molar-refractivity contribution in [2.75, 3.05) is 37.8 Å². The Balaban J connectivity index is 1.53. The van der Waals surface area contributed by atoms with Gasteiger partial charge < -0.3 is 18.7 Å². The van der Waals surface area contributed by atoms with E-state index in [-0.39, 0.29) is 5.66 Å². The maximum absolute atomic E-state index is 13.1. The highest BCUT2D eigenvalue weighted by Gasteiger charge is 2.32. The lowest BCUT2D eigenvalue weighted by atomic mass is 9.88. The van der Waals surface area contributed by atoms with Gasteiger partial charge in [-0.1, -0.05) is 52.0 Å². The summed E-state index contributed by atoms with van der Waals surface area (Å²) in [6, 6.07) is 15.2. The Morgan fingerprint density at radius 3 is 2.36 bits per heavy atom. The molecule has 0 radical (unpaired) electrons. The third kappa shape index (κ3) is 9.95. The van der Waals surface area contributed by atoms with Gasteiger partial charge in [-0.2, -0.15) is 0 Å². The molecular weight excluding hydrogens is 505 g/mol. The van der Waals surface area contributed by atoms with Crippen LogP contribution >= 0.6 is 7.60 Å². The summed E-state index contributed by atoms with van der Waals surface area (Å²) in [6.45, 7) is 18.5. The fourth-order valence-corrected chi connectivity index (χ4v) is 7.15. The maximum atomic E-state index is 13.1. The zero-order chi connectivity index (χ0) is 28.5. The average Bonchev–Trinajstić information content (AvgIpc) is 2.88. The predicted molar refractivity (Wildman–Crippen MR) is 164 cm³/mol. The third-order valence-electron chi connectivity index (χ3n) is 7.64. The van der Waals surface area contributed by atoms with Crippen LogP contribution in [0.25, 0.3) is 0 Å². The van der Waals surface area contributed by atoms with Crippen molar-refractivity contribution in [3.8, 4) is 5.75 Å². The first kappa shape index (κ1) is 31.7. The summed E-state index contributed by atoms with van der Waals surface area (Å²) < 4.78 is 30.5. The molecule has 2 aromatic rings. The van der Waals surface area contributed by atoms with E-state index in [1.165, 1.54) is 29.7 Å². The van der Waals surface area contributed by atoms with Crippen molar-refractivity contribution in [2.24, 2.45) is 11.3 Å². The van der Waals surface area contributed by atoms with Crippen molar-refractivity contribution >= 4 is 13.3 Å². The van der Waals surface area contributed by atoms with Gasteiger partial charge in [-0.3, -0.25) is 4.57 Å². The van der Waals surface area contributed by atoms with Crippen LogP contribution < -0.4 is 9.64 Å². The molecule has 0 spiro atoms. The molecule has 0 saturated carbocycles. The van der Waals surface area contributed by atoms with Gasteiger partial charge in [0.25, 0.3) is 0 Å². The highest BCUT2D eigenvalue weighted by atomic mass is 31.2. The Bertz CT molecular complexity index is 1060. The molecule has 1 saturated heterocycles. The van der Waals surface area contributed by atoms with Crippen molar-refractivity contribution in [3.05, 3.63) is 59.2 Å². The van der Waals surface area contributed by atoms with Crippen LogP contribution in [0.4, 0.5) is 5.69 Å². The van der Waals surface area contributed by atoms with Gasteiger partial charge in [0.15, 0.2) is 0 Å². The van der Waals surface area contributed by atoms with E-state index in [0.717, 1.165) is 50.3 Å². The number of piperidine rings is 1. The molecule has 1 fully saturated rings. The smallest absolute Gasteiger partial charge is 0.333 e. The number of hydrogen-bond acceptors (Lipinski definition) is 5. The summed E-state index contributed by atoms with van der Waals surface area (Å²) in [6.07, 6.45) is 6.53. The summed E-state index contributed by atoms with van der Waals surface area (Å²) in [7, 11) is -3.13. The van der Waals surface area contributed by atoms with Crippen LogP contribution in [0.3, 0.4) is 0 Å². The second kappa shape index (κ2) is 14.7. The zero-order valence-corrected chi connectivity index (χ0v) is 26.4. The number of nitrogens with zero attached hydrogens (tertiary/aromatic N) is 1. The standard InChI is InChI=1S/C33H52NO4P/c1-8-37-39(35,38-9-2)27(4)23-29-12-10-14-31(24-29)36-25-28-17-20-34(21-18-28)32-22-26(3)15-16-30(32)13-11-19-33(5,6)7/h10,12,14-16,22,24,27-28H,8-9,11,13,17-21,23,25H2,1-7H3. The quantitative estimate of drug-likeness (QED) is 0.217. The molecule has 5 nitrogen and oxygen atoms in total. The summed E-state index contributed by atoms with van der Waals surface area (Å²) in [5, 5.41) is 0. The van der Waals surface area contributed by atoms with Crippen LogP contribution in [0.15, 0.2) is 42.5 Å². The molecule has 0 N–H and O–H groups in total. The molecule has 1 aliphatic rings. The van der Waals surface area contributed by atoms with Gasteiger partial charge in [0.2, 0.25) is 0 Å². The first-order valence-corrected chi connectivity index (χ1v) is 16.6. The minimum Gasteiger partial charge on any atom is -0.493 e. The second-order valence-electron chi connectivity index (χ2n) is 12.4. The van der Waals surface area contributed by atoms with Crippen LogP contribution in [-0.4, -0.2) is 38.6 Å². The lowest BCUT2D eigenvalue weighted by Gasteiger charge is -2.35. The highest BCUT2D eigenvalue weighted by molar-refractivity contribution is 7.54. The summed E-state index contributed by atoms with van der Waals surface area (Å²) in [4.78, 5) is 2.59. The molecule has 39 heavy (non-hydrogen) atoms. The van der Waals surface area contributed by atoms with E-state index < -0.39 is 7.60 Å². The highest BCUT2D eigenvalue weighted by Crippen LogP contribution is 2.53. The maximum Gasteiger partial charge on any atom is 0.333 e. The van der Waals surface area contributed by atoms with E-state index in [2.05, 4.69) is 62.9 Å². The molecule has 1 aliphatic heterocycles. The van der Waals surface area contributed by atoms with Gasteiger partial charge in [0, 0.05) is 18.8 Å². The largest absolute Gasteiger partial charge is 0.493 e. The lowest BCUT2D eigenvalue weighted by molar-refractivity contribution is 0.213. The molecule has 1 heterocycles. The molecule has 1 unspecified atom stereocenters. The molecule has 0 aromatic heterocycles. The van der Waals surface area contributed by atoms with Crippen molar-refractivity contribution < 1.29 is 18.3 Å². The number of benzene rings is 2. The number of anilines is 1. The van der Waals surface area contributed by atoms with Crippen molar-refractivity contribution in [2.45, 2.75) is 92.7 Å². The van der Waals surface area contributed by atoms with E-state index in [9.17, 15) is 4.57 Å². The zero-order valence-electron chi connectivity index (χ0n) is 25.5. The molecule has 3 rings (SSSR count). The SMILES string of the molecule is CCOP(=O)(OCC)C(C)Cc1cccc(OCC2CCN(c3cc(C)ccc3CCCC(C)(C)C)CC2)c1. The summed E-state index contributed by atoms with van der Waals surface area (Å²) >= 11 is 0.